The Morgan fingerprint density at radius 2 is 1.45 bits per heavy atom. The van der Waals surface area contributed by atoms with E-state index < -0.39 is 62.6 Å². The highest BCUT2D eigenvalue weighted by atomic mass is 31.2. The number of nitrogens with two attached hydrogens (primary N) is 1. The Labute approximate surface area is 322 Å². The number of phosphoric ester groups is 1. The Hall–Kier alpha value is -3.80. The number of unbranched alkanes of at least 4 members (excludes halogenated alkanes) is 13. The smallest absolute Gasteiger partial charge is 0.472 e. The van der Waals surface area contributed by atoms with Crippen molar-refractivity contribution in [2.45, 2.75) is 135 Å². The molecule has 1 aliphatic heterocycles. The van der Waals surface area contributed by atoms with Crippen molar-refractivity contribution in [1.29, 1.82) is 0 Å². The largest absolute Gasteiger partial charge is 0.480 e. The van der Waals surface area contributed by atoms with E-state index in [2.05, 4.69) is 39.9 Å². The number of fused-ring (bicyclic) bond motifs is 1. The number of carbonyl (C=O) groups is 3. The maximum atomic E-state index is 12.6. The Morgan fingerprint density at radius 1 is 0.873 bits per heavy atom. The number of anilines is 3. The van der Waals surface area contributed by atoms with E-state index in [9.17, 15) is 34.0 Å². The molecule has 3 unspecified atom stereocenters. The average molecular weight is 802 g/mol. The summed E-state index contributed by atoms with van der Waals surface area (Å²) in [5.74, 6) is -2.62. The van der Waals surface area contributed by atoms with E-state index in [1.165, 1.54) is 44.6 Å². The number of nitro groups is 1. The SMILES string of the molecule is CCCCCCCC/C=C/CCCCCCCC(=O)OCC(COP(=O)(O)OCC(N)C(=O)O)OC(=O)CCCCCNc1ccc([N+](=O)[O-])c2c1NON2. The fourth-order valence-corrected chi connectivity index (χ4v) is 6.22. The zero-order valence-electron chi connectivity index (χ0n) is 31.9. The van der Waals surface area contributed by atoms with Crippen LogP contribution in [0.3, 0.4) is 0 Å². The van der Waals surface area contributed by atoms with Crippen molar-refractivity contribution >= 4 is 48.5 Å². The van der Waals surface area contributed by atoms with Gasteiger partial charge in [0.25, 0.3) is 5.69 Å². The summed E-state index contributed by atoms with van der Waals surface area (Å²) >= 11 is 0. The molecule has 0 aliphatic carbocycles. The third-order valence-electron chi connectivity index (χ3n) is 8.59. The van der Waals surface area contributed by atoms with E-state index in [-0.39, 0.29) is 24.2 Å². The van der Waals surface area contributed by atoms with E-state index >= 15 is 0 Å². The molecule has 7 N–H and O–H groups in total. The number of nitrogens with zero attached hydrogens (tertiary/aromatic N) is 1. The zero-order chi connectivity index (χ0) is 40.3. The van der Waals surface area contributed by atoms with Crippen molar-refractivity contribution in [2.75, 3.05) is 42.6 Å². The number of carbonyl (C=O) groups excluding carboxylic acids is 2. The molecule has 1 aliphatic rings. The summed E-state index contributed by atoms with van der Waals surface area (Å²) in [7, 11) is -4.79. The number of nitro benzene ring substituents is 1. The fourth-order valence-electron chi connectivity index (χ4n) is 5.44. The van der Waals surface area contributed by atoms with E-state index in [0.717, 1.165) is 38.5 Å². The van der Waals surface area contributed by atoms with Gasteiger partial charge in [-0.25, -0.2) is 15.5 Å². The molecule has 0 radical (unpaired) electrons. The lowest BCUT2D eigenvalue weighted by atomic mass is 10.1. The van der Waals surface area contributed by atoms with Crippen LogP contribution in [0.15, 0.2) is 24.3 Å². The number of hydrogen-bond donors (Lipinski definition) is 6. The minimum absolute atomic E-state index is 0.00758. The topological polar surface area (TPSA) is 260 Å². The first-order valence-electron chi connectivity index (χ1n) is 19.3. The van der Waals surface area contributed by atoms with Gasteiger partial charge in [-0.1, -0.05) is 76.9 Å². The second kappa shape index (κ2) is 27.7. The maximum absolute atomic E-state index is 12.6. The van der Waals surface area contributed by atoms with Gasteiger partial charge in [0, 0.05) is 25.5 Å². The molecule has 0 aromatic heterocycles. The van der Waals surface area contributed by atoms with Crippen molar-refractivity contribution in [2.24, 2.45) is 5.73 Å². The molecule has 1 aromatic rings. The van der Waals surface area contributed by atoms with E-state index in [1.807, 2.05) is 0 Å². The van der Waals surface area contributed by atoms with Gasteiger partial charge in [-0.3, -0.25) is 33.5 Å². The second-order valence-corrected chi connectivity index (χ2v) is 14.8. The first-order chi connectivity index (χ1) is 26.4. The first-order valence-corrected chi connectivity index (χ1v) is 20.8. The molecular weight excluding hydrogens is 741 g/mol. The predicted octanol–water partition coefficient (Wildman–Crippen LogP) is 7.29. The minimum Gasteiger partial charge on any atom is -0.480 e. The number of carboxylic acid groups (broad SMARTS) is 1. The van der Waals surface area contributed by atoms with E-state index in [4.69, 9.17) is 29.8 Å². The third-order valence-corrected chi connectivity index (χ3v) is 9.54. The second-order valence-electron chi connectivity index (χ2n) is 13.3. The molecule has 0 fully saturated rings. The van der Waals surface area contributed by atoms with Gasteiger partial charge in [0.2, 0.25) is 0 Å². The minimum atomic E-state index is -4.79. The van der Waals surface area contributed by atoms with Crippen LogP contribution in [0.4, 0.5) is 22.7 Å². The molecule has 2 rings (SSSR count). The molecule has 3 atom stereocenters. The summed E-state index contributed by atoms with van der Waals surface area (Å²) in [6, 6.07) is 1.34. The summed E-state index contributed by atoms with van der Waals surface area (Å²) < 4.78 is 32.5. The molecule has 55 heavy (non-hydrogen) atoms. The van der Waals surface area contributed by atoms with Crippen LogP contribution in [0.25, 0.3) is 0 Å². The van der Waals surface area contributed by atoms with Crippen LogP contribution in [0.2, 0.25) is 0 Å². The first kappa shape index (κ1) is 47.4. The number of phosphoric acid groups is 1. The fraction of sp³-hybridized carbons (Fsp3) is 0.694. The normalized spacial score (nSPS) is 14.3. The lowest BCUT2D eigenvalue weighted by Crippen LogP contribution is -2.34. The molecule has 1 aromatic carbocycles. The highest BCUT2D eigenvalue weighted by molar-refractivity contribution is 7.47. The van der Waals surface area contributed by atoms with Crippen LogP contribution in [-0.2, 0) is 42.4 Å². The third kappa shape index (κ3) is 21.2. The van der Waals surface area contributed by atoms with Gasteiger partial charge in [-0.15, -0.1) is 0 Å². The molecule has 18 nitrogen and oxygen atoms in total. The average Bonchev–Trinajstić information content (AvgIpc) is 3.65. The van der Waals surface area contributed by atoms with Gasteiger partial charge in [0.05, 0.1) is 23.8 Å². The number of aliphatic carboxylic acids is 1. The van der Waals surface area contributed by atoms with Crippen LogP contribution in [0.1, 0.15) is 122 Å². The molecule has 312 valence electrons. The molecule has 0 amide bonds. The lowest BCUT2D eigenvalue weighted by molar-refractivity contribution is -0.384. The lowest BCUT2D eigenvalue weighted by Gasteiger charge is -2.20. The van der Waals surface area contributed by atoms with Crippen molar-refractivity contribution in [1.82, 2.24) is 0 Å². The molecule has 0 saturated heterocycles. The number of esters is 2. The number of benzene rings is 1. The van der Waals surface area contributed by atoms with Crippen LogP contribution in [0.5, 0.6) is 0 Å². The number of hydrogen-bond acceptors (Lipinski definition) is 15. The van der Waals surface area contributed by atoms with E-state index in [0.29, 0.717) is 43.6 Å². The highest BCUT2D eigenvalue weighted by Crippen LogP contribution is 2.43. The van der Waals surface area contributed by atoms with Crippen molar-refractivity contribution < 1.29 is 57.3 Å². The Balaban J connectivity index is 1.70. The highest BCUT2D eigenvalue weighted by Gasteiger charge is 2.28. The number of rotatable bonds is 33. The van der Waals surface area contributed by atoms with Gasteiger partial charge in [0.1, 0.15) is 18.3 Å². The number of ether oxygens (including phenoxy) is 2. The standard InChI is InChI=1S/C36H60N5O13P/c1-2-3-4-5-6-7-8-9-10-11-12-13-14-15-17-20-32(42)50-25-28(26-51-55(48,49)52-27-29(37)36(44)45)53-33(43)21-18-16-19-24-38-30-22-23-31(41(46)47)35-34(30)39-54-40-35/h9-10,22-23,28-29,38-40H,2-8,11-21,24-27,37H2,1H3,(H,44,45)(H,48,49)/b10-9+. The quantitative estimate of drug-likeness (QED) is 0.0102. The van der Waals surface area contributed by atoms with Crippen molar-refractivity contribution in [3.05, 3.63) is 34.4 Å². The number of allylic oxidation sites excluding steroid dienone is 2. The van der Waals surface area contributed by atoms with Crippen LogP contribution in [0, 0.1) is 10.1 Å². The summed E-state index contributed by atoms with van der Waals surface area (Å²) in [5.41, 5.74) is 11.4. The van der Waals surface area contributed by atoms with Crippen LogP contribution < -0.4 is 22.0 Å². The number of nitrogens with one attached hydrogen (secondary N) is 3. The summed E-state index contributed by atoms with van der Waals surface area (Å²) in [6.07, 6.45) is 19.7. The molecule has 1 heterocycles. The zero-order valence-corrected chi connectivity index (χ0v) is 32.8. The molecule has 0 spiro atoms. The summed E-state index contributed by atoms with van der Waals surface area (Å²) in [4.78, 5) is 61.5. The van der Waals surface area contributed by atoms with Crippen LogP contribution >= 0.6 is 7.82 Å². The van der Waals surface area contributed by atoms with Crippen molar-refractivity contribution in [3.63, 3.8) is 0 Å². The Bertz CT molecular complexity index is 1400. The summed E-state index contributed by atoms with van der Waals surface area (Å²) in [6.45, 7) is 0.809. The Kier molecular flexibility index (Phi) is 23.9. The molecular formula is C36H60N5O13P. The predicted molar refractivity (Wildman–Crippen MR) is 206 cm³/mol. The van der Waals surface area contributed by atoms with Gasteiger partial charge < -0.3 is 30.5 Å². The number of carboxylic acids is 1. The monoisotopic (exact) mass is 801 g/mol. The van der Waals surface area contributed by atoms with Gasteiger partial charge >= 0.3 is 25.7 Å². The van der Waals surface area contributed by atoms with Gasteiger partial charge in [0.15, 0.2) is 11.8 Å². The molecule has 0 saturated carbocycles. The summed E-state index contributed by atoms with van der Waals surface area (Å²) in [5, 5.41) is 23.2. The van der Waals surface area contributed by atoms with Gasteiger partial charge in [-0.2, -0.15) is 4.94 Å². The molecule has 19 heteroatoms. The Morgan fingerprint density at radius 3 is 2.11 bits per heavy atom. The molecule has 0 bridgehead atoms. The maximum Gasteiger partial charge on any atom is 0.472 e. The van der Waals surface area contributed by atoms with Crippen molar-refractivity contribution in [3.8, 4) is 0 Å². The van der Waals surface area contributed by atoms with Gasteiger partial charge in [-0.05, 0) is 51.0 Å². The van der Waals surface area contributed by atoms with Crippen LogP contribution in [-0.4, -0.2) is 71.3 Å². The van der Waals surface area contributed by atoms with E-state index in [1.54, 1.807) is 6.07 Å².